The highest BCUT2D eigenvalue weighted by atomic mass is 32.2. The summed E-state index contributed by atoms with van der Waals surface area (Å²) in [6.07, 6.45) is 3.95. The lowest BCUT2D eigenvalue weighted by molar-refractivity contribution is 0.400. The number of nitrogens with zero attached hydrogens (tertiary/aromatic N) is 1. The molecule has 21 heavy (non-hydrogen) atoms. The Morgan fingerprint density at radius 1 is 1.38 bits per heavy atom. The highest BCUT2D eigenvalue weighted by Gasteiger charge is 2.40. The zero-order valence-electron chi connectivity index (χ0n) is 13.6. The number of rotatable bonds is 7. The van der Waals surface area contributed by atoms with E-state index in [9.17, 15) is 8.42 Å². The molecule has 0 bridgehead atoms. The molecule has 5 nitrogen and oxygen atoms in total. The first-order valence-corrected chi connectivity index (χ1v) is 9.05. The number of sulfonamides is 1. The van der Waals surface area contributed by atoms with Crippen LogP contribution in [-0.2, 0) is 16.6 Å². The number of nitrogens with one attached hydrogen (secondary N) is 2. The summed E-state index contributed by atoms with van der Waals surface area (Å²) < 4.78 is 30.1. The Labute approximate surface area is 128 Å². The van der Waals surface area contributed by atoms with Crippen molar-refractivity contribution in [1.82, 2.24) is 14.6 Å². The Kier molecular flexibility index (Phi) is 4.52. The van der Waals surface area contributed by atoms with E-state index in [-0.39, 0.29) is 11.6 Å². The minimum atomic E-state index is -3.48. The maximum Gasteiger partial charge on any atom is 0.242 e. The molecule has 0 radical (unpaired) electrons. The molecule has 0 atom stereocenters. The van der Waals surface area contributed by atoms with Gasteiger partial charge in [-0.05, 0) is 59.6 Å². The predicted molar refractivity (Wildman–Crippen MR) is 84.7 cm³/mol. The van der Waals surface area contributed by atoms with E-state index in [1.807, 2.05) is 25.5 Å². The van der Waals surface area contributed by atoms with Crippen LogP contribution in [0.5, 0.6) is 0 Å². The smallest absolute Gasteiger partial charge is 0.242 e. The predicted octanol–water partition coefficient (Wildman–Crippen LogP) is 2.26. The fourth-order valence-electron chi connectivity index (χ4n) is 2.74. The molecule has 1 aromatic rings. The van der Waals surface area contributed by atoms with Crippen LogP contribution in [-0.4, -0.2) is 25.6 Å². The molecule has 1 aliphatic carbocycles. The van der Waals surface area contributed by atoms with E-state index in [1.54, 1.807) is 12.3 Å². The summed E-state index contributed by atoms with van der Waals surface area (Å²) >= 11 is 0. The van der Waals surface area contributed by atoms with Crippen molar-refractivity contribution in [2.45, 2.75) is 63.6 Å². The molecule has 0 spiro atoms. The Morgan fingerprint density at radius 3 is 2.48 bits per heavy atom. The third-order valence-corrected chi connectivity index (χ3v) is 5.77. The van der Waals surface area contributed by atoms with Gasteiger partial charge in [-0.2, -0.15) is 0 Å². The van der Waals surface area contributed by atoms with Gasteiger partial charge in [-0.1, -0.05) is 0 Å². The van der Waals surface area contributed by atoms with Crippen LogP contribution in [0.1, 0.15) is 52.3 Å². The van der Waals surface area contributed by atoms with Crippen LogP contribution < -0.4 is 10.0 Å². The average Bonchev–Trinajstić information content (AvgIpc) is 3.10. The minimum Gasteiger partial charge on any atom is -0.346 e. The molecule has 1 aromatic heterocycles. The molecule has 0 amide bonds. The third-order valence-electron chi connectivity index (χ3n) is 4.13. The quantitative estimate of drug-likeness (QED) is 0.811. The van der Waals surface area contributed by atoms with Crippen LogP contribution in [0.2, 0.25) is 0 Å². The molecule has 0 aromatic carbocycles. The molecule has 0 aliphatic heterocycles. The van der Waals surface area contributed by atoms with E-state index in [2.05, 4.69) is 23.9 Å². The first-order valence-electron chi connectivity index (χ1n) is 7.56. The van der Waals surface area contributed by atoms with Crippen molar-refractivity contribution in [3.8, 4) is 0 Å². The molecule has 2 rings (SSSR count). The molecule has 120 valence electrons. The zero-order valence-corrected chi connectivity index (χ0v) is 14.4. The SMILES string of the molecule is CNCc1cc(S(=O)(=O)NC(C)(C)C2CC2)cn1C(C)C. The fraction of sp³-hybridized carbons (Fsp3) is 0.733. The van der Waals surface area contributed by atoms with Crippen LogP contribution in [0.3, 0.4) is 0 Å². The average molecular weight is 313 g/mol. The second-order valence-corrected chi connectivity index (χ2v) is 8.48. The molecular formula is C15H27N3O2S. The lowest BCUT2D eigenvalue weighted by Gasteiger charge is -2.25. The first-order chi connectivity index (χ1) is 9.67. The maximum atomic E-state index is 12.6. The van der Waals surface area contributed by atoms with Crippen molar-refractivity contribution in [2.24, 2.45) is 5.92 Å². The second-order valence-electron chi connectivity index (χ2n) is 6.80. The van der Waals surface area contributed by atoms with Gasteiger partial charge in [-0.3, -0.25) is 0 Å². The van der Waals surface area contributed by atoms with Gasteiger partial charge >= 0.3 is 0 Å². The van der Waals surface area contributed by atoms with Gasteiger partial charge in [0.25, 0.3) is 0 Å². The highest BCUT2D eigenvalue weighted by molar-refractivity contribution is 7.89. The summed E-state index contributed by atoms with van der Waals surface area (Å²) in [5.74, 6) is 0.455. The van der Waals surface area contributed by atoms with Crippen molar-refractivity contribution in [3.63, 3.8) is 0 Å². The van der Waals surface area contributed by atoms with Gasteiger partial charge in [-0.15, -0.1) is 0 Å². The normalized spacial score (nSPS) is 16.7. The molecule has 0 unspecified atom stereocenters. The highest BCUT2D eigenvalue weighted by Crippen LogP contribution is 2.40. The largest absolute Gasteiger partial charge is 0.346 e. The van der Waals surface area contributed by atoms with E-state index < -0.39 is 10.0 Å². The van der Waals surface area contributed by atoms with Crippen molar-refractivity contribution < 1.29 is 8.42 Å². The minimum absolute atomic E-state index is 0.230. The summed E-state index contributed by atoms with van der Waals surface area (Å²) in [5, 5.41) is 3.08. The Balaban J connectivity index is 2.29. The Morgan fingerprint density at radius 2 is 2.00 bits per heavy atom. The van der Waals surface area contributed by atoms with Gasteiger partial charge < -0.3 is 9.88 Å². The van der Waals surface area contributed by atoms with Crippen molar-refractivity contribution >= 4 is 10.0 Å². The van der Waals surface area contributed by atoms with Crippen molar-refractivity contribution in [3.05, 3.63) is 18.0 Å². The zero-order chi connectivity index (χ0) is 15.8. The van der Waals surface area contributed by atoms with E-state index in [4.69, 9.17) is 0 Å². The van der Waals surface area contributed by atoms with Crippen LogP contribution >= 0.6 is 0 Å². The monoisotopic (exact) mass is 313 g/mol. The molecular weight excluding hydrogens is 286 g/mol. The Bertz CT molecular complexity index is 598. The second kappa shape index (κ2) is 5.74. The van der Waals surface area contributed by atoms with Crippen molar-refractivity contribution in [1.29, 1.82) is 0 Å². The summed E-state index contributed by atoms with van der Waals surface area (Å²) in [5.41, 5.74) is 0.610. The summed E-state index contributed by atoms with van der Waals surface area (Å²) in [6.45, 7) is 8.69. The van der Waals surface area contributed by atoms with Gasteiger partial charge in [0.2, 0.25) is 10.0 Å². The lowest BCUT2D eigenvalue weighted by Crippen LogP contribution is -2.44. The van der Waals surface area contributed by atoms with Gasteiger partial charge in [-0.25, -0.2) is 13.1 Å². The molecule has 6 heteroatoms. The molecule has 1 aliphatic rings. The van der Waals surface area contributed by atoms with Crippen LogP contribution in [0, 0.1) is 5.92 Å². The van der Waals surface area contributed by atoms with Crippen LogP contribution in [0.15, 0.2) is 17.2 Å². The molecule has 1 saturated carbocycles. The van der Waals surface area contributed by atoms with E-state index in [1.165, 1.54) is 0 Å². The van der Waals surface area contributed by atoms with Crippen molar-refractivity contribution in [2.75, 3.05) is 7.05 Å². The molecule has 1 fully saturated rings. The molecule has 2 N–H and O–H groups in total. The number of hydrogen-bond donors (Lipinski definition) is 2. The molecule has 0 saturated heterocycles. The topological polar surface area (TPSA) is 63.1 Å². The summed E-state index contributed by atoms with van der Waals surface area (Å²) in [4.78, 5) is 0.357. The van der Waals surface area contributed by atoms with E-state index in [0.717, 1.165) is 18.5 Å². The van der Waals surface area contributed by atoms with Gasteiger partial charge in [0.05, 0.1) is 4.90 Å². The standard InChI is InChI=1S/C15H27N3O2S/c1-11(2)18-10-14(8-13(18)9-16-5)21(19,20)17-15(3,4)12-6-7-12/h8,10-12,16-17H,6-7,9H2,1-5H3. The van der Waals surface area contributed by atoms with Gasteiger partial charge in [0.15, 0.2) is 0 Å². The Hall–Kier alpha value is -0.850. The van der Waals surface area contributed by atoms with E-state index in [0.29, 0.717) is 17.4 Å². The first kappa shape index (κ1) is 16.5. The molecule has 1 heterocycles. The van der Waals surface area contributed by atoms with Gasteiger partial charge in [0.1, 0.15) is 0 Å². The van der Waals surface area contributed by atoms with Gasteiger partial charge in [0, 0.05) is 30.0 Å². The lowest BCUT2D eigenvalue weighted by atomic mass is 10.0. The maximum absolute atomic E-state index is 12.6. The third kappa shape index (κ3) is 3.67. The summed E-state index contributed by atoms with van der Waals surface area (Å²) in [7, 11) is -1.61. The number of hydrogen-bond acceptors (Lipinski definition) is 3. The summed E-state index contributed by atoms with van der Waals surface area (Å²) in [6, 6.07) is 2.00. The van der Waals surface area contributed by atoms with Crippen LogP contribution in [0.4, 0.5) is 0 Å². The van der Waals surface area contributed by atoms with E-state index >= 15 is 0 Å². The number of aromatic nitrogens is 1. The fourth-order valence-corrected chi connectivity index (χ4v) is 4.26. The van der Waals surface area contributed by atoms with Crippen LogP contribution in [0.25, 0.3) is 0 Å².